The first-order valence-electron chi connectivity index (χ1n) is 5.97. The maximum atomic E-state index is 13.5. The molecule has 96 valence electrons. The molecule has 1 saturated heterocycles. The average molecular weight is 253 g/mol. The normalized spacial score (nSPS) is 21.6. The Bertz CT molecular complexity index is 508. The maximum Gasteiger partial charge on any atom is 0.257 e. The highest BCUT2D eigenvalue weighted by molar-refractivity contribution is 5.95. The molecule has 1 aromatic rings. The van der Waals surface area contributed by atoms with E-state index in [0.29, 0.717) is 0 Å². The van der Waals surface area contributed by atoms with Gasteiger partial charge in [-0.3, -0.25) is 4.79 Å². The van der Waals surface area contributed by atoms with E-state index in [1.807, 2.05) is 0 Å². The van der Waals surface area contributed by atoms with Crippen LogP contribution < -0.4 is 0 Å². The topological polar surface area (TPSA) is 40.5 Å². The predicted molar refractivity (Wildman–Crippen MR) is 59.9 cm³/mol. The van der Waals surface area contributed by atoms with E-state index >= 15 is 0 Å². The van der Waals surface area contributed by atoms with Crippen molar-refractivity contribution in [3.05, 3.63) is 35.4 Å². The highest BCUT2D eigenvalue weighted by Crippen LogP contribution is 2.44. The van der Waals surface area contributed by atoms with Crippen LogP contribution in [0.25, 0.3) is 0 Å². The number of likely N-dealkylation sites (tertiary alicyclic amines) is 1. The minimum Gasteiger partial charge on any atom is -0.386 e. The summed E-state index contributed by atoms with van der Waals surface area (Å²) in [5.74, 6) is -2.44. The molecule has 0 bridgehead atoms. The van der Waals surface area contributed by atoms with Gasteiger partial charge in [-0.2, -0.15) is 0 Å². The number of amides is 1. The maximum absolute atomic E-state index is 13.5. The van der Waals surface area contributed by atoms with Crippen LogP contribution in [0.5, 0.6) is 0 Å². The van der Waals surface area contributed by atoms with E-state index in [1.165, 1.54) is 17.0 Å². The molecule has 2 aliphatic rings. The molecule has 0 radical (unpaired) electrons. The first kappa shape index (κ1) is 11.6. The van der Waals surface area contributed by atoms with E-state index in [-0.39, 0.29) is 24.6 Å². The third-order valence-electron chi connectivity index (χ3n) is 3.74. The first-order chi connectivity index (χ1) is 8.51. The van der Waals surface area contributed by atoms with Crippen LogP contribution in [0.15, 0.2) is 18.2 Å². The summed E-state index contributed by atoms with van der Waals surface area (Å²) in [5.41, 5.74) is -1.08. The monoisotopic (exact) mass is 253 g/mol. The highest BCUT2D eigenvalue weighted by Gasteiger charge is 2.53. The van der Waals surface area contributed by atoms with Gasteiger partial charge >= 0.3 is 0 Å². The van der Waals surface area contributed by atoms with Gasteiger partial charge in [-0.15, -0.1) is 0 Å². The third kappa shape index (κ3) is 1.70. The Morgan fingerprint density at radius 1 is 1.33 bits per heavy atom. The van der Waals surface area contributed by atoms with Gasteiger partial charge < -0.3 is 10.0 Å². The fourth-order valence-electron chi connectivity index (χ4n) is 2.48. The number of benzene rings is 1. The van der Waals surface area contributed by atoms with Crippen LogP contribution in [0.4, 0.5) is 8.78 Å². The lowest BCUT2D eigenvalue weighted by atomic mass is 9.88. The van der Waals surface area contributed by atoms with Crippen LogP contribution in [0.3, 0.4) is 0 Å². The summed E-state index contributed by atoms with van der Waals surface area (Å²) in [6.07, 6.45) is 1.96. The lowest BCUT2D eigenvalue weighted by Crippen LogP contribution is -2.64. The summed E-state index contributed by atoms with van der Waals surface area (Å²) in [6.45, 7) is 0.429. The smallest absolute Gasteiger partial charge is 0.257 e. The number of hydrogen-bond donors (Lipinski definition) is 1. The summed E-state index contributed by atoms with van der Waals surface area (Å²) in [5, 5.41) is 10.1. The largest absolute Gasteiger partial charge is 0.386 e. The molecule has 1 saturated carbocycles. The van der Waals surface area contributed by atoms with Crippen molar-refractivity contribution in [1.29, 1.82) is 0 Å². The molecule has 0 aromatic heterocycles. The van der Waals surface area contributed by atoms with E-state index in [0.717, 1.165) is 18.9 Å². The van der Waals surface area contributed by atoms with Crippen molar-refractivity contribution in [2.45, 2.75) is 18.4 Å². The second-order valence-corrected chi connectivity index (χ2v) is 5.14. The van der Waals surface area contributed by atoms with E-state index in [9.17, 15) is 18.7 Å². The highest BCUT2D eigenvalue weighted by atomic mass is 19.2. The lowest BCUT2D eigenvalue weighted by molar-refractivity contribution is -0.0959. The van der Waals surface area contributed by atoms with Crippen molar-refractivity contribution < 1.29 is 18.7 Å². The SMILES string of the molecule is O=C(c1cccc(F)c1F)N1CC(O)(C2CC2)C1. The van der Waals surface area contributed by atoms with E-state index in [1.54, 1.807) is 0 Å². The van der Waals surface area contributed by atoms with Gasteiger partial charge in [0.15, 0.2) is 11.6 Å². The Kier molecular flexibility index (Phi) is 2.41. The van der Waals surface area contributed by atoms with Crippen molar-refractivity contribution in [3.8, 4) is 0 Å². The molecule has 18 heavy (non-hydrogen) atoms. The van der Waals surface area contributed by atoms with Gasteiger partial charge in [0.1, 0.15) is 5.60 Å². The van der Waals surface area contributed by atoms with Crippen LogP contribution in [0, 0.1) is 17.6 Å². The Balaban J connectivity index is 1.74. The zero-order valence-electron chi connectivity index (χ0n) is 9.70. The predicted octanol–water partition coefficient (Wildman–Crippen LogP) is 1.56. The summed E-state index contributed by atoms with van der Waals surface area (Å²) in [4.78, 5) is 13.3. The molecule has 1 aromatic carbocycles. The molecular weight excluding hydrogens is 240 g/mol. The quantitative estimate of drug-likeness (QED) is 0.869. The van der Waals surface area contributed by atoms with E-state index in [2.05, 4.69) is 0 Å². The molecule has 1 aliphatic heterocycles. The van der Waals surface area contributed by atoms with Crippen LogP contribution in [-0.2, 0) is 0 Å². The van der Waals surface area contributed by atoms with Gasteiger partial charge in [-0.1, -0.05) is 6.07 Å². The number of aliphatic hydroxyl groups is 1. The number of halogens is 2. The minimum atomic E-state index is -1.12. The standard InChI is InChI=1S/C13H13F2NO2/c14-10-3-1-2-9(11(10)15)12(17)16-6-13(18,7-16)8-4-5-8/h1-3,8,18H,4-7H2. The molecule has 0 unspecified atom stereocenters. The van der Waals surface area contributed by atoms with Gasteiger partial charge in [0.05, 0.1) is 18.7 Å². The number of β-amino-alcohol motifs (C(OH)–C–C–N with tert-alkyl or cyclic N) is 1. The molecule has 2 fully saturated rings. The average Bonchev–Trinajstić information content (AvgIpc) is 3.12. The van der Waals surface area contributed by atoms with E-state index in [4.69, 9.17) is 0 Å². The summed E-state index contributed by atoms with van der Waals surface area (Å²) < 4.78 is 26.5. The van der Waals surface area contributed by atoms with Crippen molar-refractivity contribution >= 4 is 5.91 Å². The van der Waals surface area contributed by atoms with Gasteiger partial charge in [-0.05, 0) is 30.9 Å². The zero-order valence-corrected chi connectivity index (χ0v) is 9.70. The minimum absolute atomic E-state index is 0.215. The third-order valence-corrected chi connectivity index (χ3v) is 3.74. The number of hydrogen-bond acceptors (Lipinski definition) is 2. The van der Waals surface area contributed by atoms with E-state index < -0.39 is 23.1 Å². The van der Waals surface area contributed by atoms with Crippen LogP contribution in [0.2, 0.25) is 0 Å². The Hall–Kier alpha value is -1.49. The van der Waals surface area contributed by atoms with Crippen LogP contribution >= 0.6 is 0 Å². The molecule has 5 heteroatoms. The molecule has 0 spiro atoms. The molecule has 1 heterocycles. The van der Waals surface area contributed by atoms with Crippen LogP contribution in [-0.4, -0.2) is 34.6 Å². The van der Waals surface area contributed by atoms with Crippen molar-refractivity contribution in [2.24, 2.45) is 5.92 Å². The van der Waals surface area contributed by atoms with Gasteiger partial charge in [-0.25, -0.2) is 8.78 Å². The van der Waals surface area contributed by atoms with Crippen molar-refractivity contribution in [2.75, 3.05) is 13.1 Å². The van der Waals surface area contributed by atoms with Crippen LogP contribution in [0.1, 0.15) is 23.2 Å². The lowest BCUT2D eigenvalue weighted by Gasteiger charge is -2.47. The molecular formula is C13H13F2NO2. The van der Waals surface area contributed by atoms with Gasteiger partial charge in [0, 0.05) is 0 Å². The Morgan fingerprint density at radius 2 is 2.00 bits per heavy atom. The molecule has 1 N–H and O–H groups in total. The zero-order chi connectivity index (χ0) is 12.9. The summed E-state index contributed by atoms with van der Waals surface area (Å²) in [6, 6.07) is 3.54. The summed E-state index contributed by atoms with van der Waals surface area (Å²) >= 11 is 0. The molecule has 0 atom stereocenters. The molecule has 1 aliphatic carbocycles. The molecule has 3 rings (SSSR count). The first-order valence-corrected chi connectivity index (χ1v) is 5.97. The van der Waals surface area contributed by atoms with Crippen molar-refractivity contribution in [1.82, 2.24) is 4.90 Å². The Labute approximate surface area is 103 Å². The fourth-order valence-corrected chi connectivity index (χ4v) is 2.48. The number of nitrogens with zero attached hydrogens (tertiary/aromatic N) is 1. The second-order valence-electron chi connectivity index (χ2n) is 5.14. The second kappa shape index (κ2) is 3.75. The molecule has 1 amide bonds. The summed E-state index contributed by atoms with van der Waals surface area (Å²) in [7, 11) is 0. The number of rotatable bonds is 2. The Morgan fingerprint density at radius 3 is 2.61 bits per heavy atom. The number of carbonyl (C=O) groups excluding carboxylic acids is 1. The fraction of sp³-hybridized carbons (Fsp3) is 0.462. The van der Waals surface area contributed by atoms with Gasteiger partial charge in [0.25, 0.3) is 5.91 Å². The molecule has 3 nitrogen and oxygen atoms in total. The number of carbonyl (C=O) groups is 1. The van der Waals surface area contributed by atoms with Gasteiger partial charge in [0.2, 0.25) is 0 Å². The van der Waals surface area contributed by atoms with Crippen molar-refractivity contribution in [3.63, 3.8) is 0 Å².